The second kappa shape index (κ2) is 10.7. The van der Waals surface area contributed by atoms with Crippen molar-refractivity contribution in [2.45, 2.75) is 38.1 Å². The van der Waals surface area contributed by atoms with Crippen LogP contribution in [0.25, 0.3) is 10.9 Å². The molecule has 35 heavy (non-hydrogen) atoms. The zero-order valence-corrected chi connectivity index (χ0v) is 20.9. The number of para-hydroxylation sites is 1. The highest BCUT2D eigenvalue weighted by Gasteiger charge is 2.28. The lowest BCUT2D eigenvalue weighted by molar-refractivity contribution is -0.116. The van der Waals surface area contributed by atoms with E-state index in [0.717, 1.165) is 12.1 Å². The molecule has 1 N–H and O–H groups in total. The number of aromatic nitrogens is 2. The Balaban J connectivity index is 1.35. The number of carbonyl (C=O) groups is 1. The van der Waals surface area contributed by atoms with Crippen LogP contribution in [0.4, 0.5) is 5.69 Å². The van der Waals surface area contributed by atoms with Crippen LogP contribution in [0, 0.1) is 6.92 Å². The molecule has 4 rings (SSSR count). The van der Waals surface area contributed by atoms with E-state index in [1.807, 2.05) is 19.1 Å². The summed E-state index contributed by atoms with van der Waals surface area (Å²) in [5.41, 5.74) is 1.94. The van der Waals surface area contributed by atoms with E-state index in [1.165, 1.54) is 21.3 Å². The second-order valence-electron chi connectivity index (χ2n) is 8.73. The maximum Gasteiger partial charge on any atom is 0.261 e. The van der Waals surface area contributed by atoms with E-state index in [0.29, 0.717) is 55.7 Å². The molecular weight excluding hydrogens is 466 g/mol. The van der Waals surface area contributed by atoms with Gasteiger partial charge in [0.05, 0.1) is 22.1 Å². The predicted molar refractivity (Wildman–Crippen MR) is 136 cm³/mol. The third kappa shape index (κ3) is 5.61. The highest BCUT2D eigenvalue weighted by molar-refractivity contribution is 7.89. The number of likely N-dealkylation sites (N-methyl/N-ethyl adjacent to an activating group) is 1. The summed E-state index contributed by atoms with van der Waals surface area (Å²) in [5.74, 6) is -0.242. The first-order valence-corrected chi connectivity index (χ1v) is 13.3. The van der Waals surface area contributed by atoms with Gasteiger partial charge in [-0.15, -0.1) is 0 Å². The van der Waals surface area contributed by atoms with Crippen molar-refractivity contribution in [1.82, 2.24) is 18.8 Å². The molecular formula is C25H31N5O4S. The Kier molecular flexibility index (Phi) is 7.63. The smallest absolute Gasteiger partial charge is 0.261 e. The van der Waals surface area contributed by atoms with E-state index in [-0.39, 0.29) is 22.8 Å². The number of hydrogen-bond acceptors (Lipinski definition) is 6. The van der Waals surface area contributed by atoms with E-state index in [9.17, 15) is 18.0 Å². The summed E-state index contributed by atoms with van der Waals surface area (Å²) in [4.78, 5) is 32.0. The van der Waals surface area contributed by atoms with Gasteiger partial charge in [-0.05, 0) is 49.7 Å². The van der Waals surface area contributed by atoms with Crippen molar-refractivity contribution in [3.63, 3.8) is 0 Å². The molecule has 2 aromatic carbocycles. The van der Waals surface area contributed by atoms with Crippen molar-refractivity contribution in [2.24, 2.45) is 0 Å². The standard InChI is InChI=1S/C25H31N5O4S/c1-3-28-13-15-30(16-14-28)35(33,34)21-9-5-8-20(17-21)27-23(31)11-6-12-29-18-26-24-19(2)7-4-10-22(24)25(29)32/h4-5,7-10,17-18H,3,6,11-16H2,1-2H3,(H,27,31). The molecule has 0 saturated carbocycles. The highest BCUT2D eigenvalue weighted by atomic mass is 32.2. The Morgan fingerprint density at radius 3 is 2.57 bits per heavy atom. The lowest BCUT2D eigenvalue weighted by Crippen LogP contribution is -2.48. The first-order chi connectivity index (χ1) is 16.8. The number of hydrogen-bond donors (Lipinski definition) is 1. The summed E-state index contributed by atoms with van der Waals surface area (Å²) in [6, 6.07) is 11.9. The molecule has 1 fully saturated rings. The molecule has 0 spiro atoms. The third-order valence-corrected chi connectivity index (χ3v) is 8.29. The van der Waals surface area contributed by atoms with Gasteiger partial charge in [-0.25, -0.2) is 13.4 Å². The first-order valence-electron chi connectivity index (χ1n) is 11.9. The predicted octanol–water partition coefficient (Wildman–Crippen LogP) is 2.45. The minimum absolute atomic E-state index is 0.128. The van der Waals surface area contributed by atoms with Crippen LogP contribution in [0.2, 0.25) is 0 Å². The number of carbonyl (C=O) groups excluding carboxylic acids is 1. The number of nitrogens with zero attached hydrogens (tertiary/aromatic N) is 4. The van der Waals surface area contributed by atoms with Gasteiger partial charge in [-0.3, -0.25) is 14.2 Å². The Labute approximate surface area is 205 Å². The molecule has 2 heterocycles. The summed E-state index contributed by atoms with van der Waals surface area (Å²) in [5, 5.41) is 3.34. The molecule has 10 heteroatoms. The number of sulfonamides is 1. The van der Waals surface area contributed by atoms with E-state index in [2.05, 4.69) is 22.1 Å². The highest BCUT2D eigenvalue weighted by Crippen LogP contribution is 2.21. The Bertz CT molecular complexity index is 1380. The van der Waals surface area contributed by atoms with Crippen LogP contribution in [-0.2, 0) is 21.4 Å². The van der Waals surface area contributed by atoms with Crippen LogP contribution in [0.1, 0.15) is 25.3 Å². The molecule has 0 atom stereocenters. The summed E-state index contributed by atoms with van der Waals surface area (Å²) in [6.45, 7) is 7.57. The van der Waals surface area contributed by atoms with Crippen LogP contribution < -0.4 is 10.9 Å². The van der Waals surface area contributed by atoms with Gasteiger partial charge in [0.2, 0.25) is 15.9 Å². The van der Waals surface area contributed by atoms with E-state index >= 15 is 0 Å². The summed E-state index contributed by atoms with van der Waals surface area (Å²) >= 11 is 0. The Hall–Kier alpha value is -3.08. The molecule has 3 aromatic rings. The van der Waals surface area contributed by atoms with Crippen molar-refractivity contribution < 1.29 is 13.2 Å². The number of nitrogens with one attached hydrogen (secondary N) is 1. The largest absolute Gasteiger partial charge is 0.326 e. The fourth-order valence-electron chi connectivity index (χ4n) is 4.30. The monoisotopic (exact) mass is 497 g/mol. The SMILES string of the molecule is CCN1CCN(S(=O)(=O)c2cccc(NC(=O)CCCn3cnc4c(C)cccc4c3=O)c2)CC1. The first kappa shape index (κ1) is 25.0. The molecule has 1 saturated heterocycles. The number of aryl methyl sites for hydroxylation is 2. The third-order valence-electron chi connectivity index (χ3n) is 6.39. The van der Waals surface area contributed by atoms with Gasteiger partial charge in [0.15, 0.2) is 0 Å². The van der Waals surface area contributed by atoms with Crippen molar-refractivity contribution >= 4 is 32.5 Å². The van der Waals surface area contributed by atoms with Gasteiger partial charge in [0.1, 0.15) is 0 Å². The van der Waals surface area contributed by atoms with Crippen LogP contribution in [0.15, 0.2) is 58.5 Å². The lowest BCUT2D eigenvalue weighted by Gasteiger charge is -2.33. The van der Waals surface area contributed by atoms with E-state index in [1.54, 1.807) is 24.3 Å². The van der Waals surface area contributed by atoms with Gasteiger partial charge in [0, 0.05) is 44.8 Å². The van der Waals surface area contributed by atoms with Crippen molar-refractivity contribution in [3.8, 4) is 0 Å². The average molecular weight is 498 g/mol. The van der Waals surface area contributed by atoms with Gasteiger partial charge >= 0.3 is 0 Å². The van der Waals surface area contributed by atoms with Crippen LogP contribution in [0.5, 0.6) is 0 Å². The maximum atomic E-state index is 13.1. The maximum absolute atomic E-state index is 13.1. The van der Waals surface area contributed by atoms with Gasteiger partial charge in [-0.2, -0.15) is 4.31 Å². The summed E-state index contributed by atoms with van der Waals surface area (Å²) < 4.78 is 29.1. The van der Waals surface area contributed by atoms with E-state index < -0.39 is 10.0 Å². The second-order valence-corrected chi connectivity index (χ2v) is 10.7. The Morgan fingerprint density at radius 1 is 1.09 bits per heavy atom. The lowest BCUT2D eigenvalue weighted by atomic mass is 10.1. The normalized spacial score (nSPS) is 15.4. The van der Waals surface area contributed by atoms with Crippen LogP contribution in [0.3, 0.4) is 0 Å². The molecule has 186 valence electrons. The molecule has 0 aliphatic carbocycles. The number of rotatable bonds is 8. The van der Waals surface area contributed by atoms with Gasteiger partial charge in [0.25, 0.3) is 5.56 Å². The Morgan fingerprint density at radius 2 is 1.83 bits per heavy atom. The van der Waals surface area contributed by atoms with Gasteiger partial charge < -0.3 is 10.2 Å². The minimum Gasteiger partial charge on any atom is -0.326 e. The molecule has 1 aliphatic heterocycles. The van der Waals surface area contributed by atoms with Crippen molar-refractivity contribution in [3.05, 3.63) is 64.7 Å². The molecule has 0 radical (unpaired) electrons. The zero-order valence-electron chi connectivity index (χ0n) is 20.1. The quantitative estimate of drug-likeness (QED) is 0.513. The number of fused-ring (bicyclic) bond motifs is 1. The van der Waals surface area contributed by atoms with Crippen LogP contribution in [-0.4, -0.2) is 65.8 Å². The molecule has 0 unspecified atom stereocenters. The topological polar surface area (TPSA) is 105 Å². The van der Waals surface area contributed by atoms with Gasteiger partial charge in [-0.1, -0.05) is 25.1 Å². The number of amides is 1. The number of benzene rings is 2. The molecule has 1 amide bonds. The average Bonchev–Trinajstić information content (AvgIpc) is 2.86. The van der Waals surface area contributed by atoms with E-state index in [4.69, 9.17) is 0 Å². The summed E-state index contributed by atoms with van der Waals surface area (Å²) in [7, 11) is -3.62. The number of anilines is 1. The fourth-order valence-corrected chi connectivity index (χ4v) is 5.77. The number of piperazine rings is 1. The minimum atomic E-state index is -3.62. The van der Waals surface area contributed by atoms with Crippen molar-refractivity contribution in [2.75, 3.05) is 38.0 Å². The van der Waals surface area contributed by atoms with Crippen molar-refractivity contribution in [1.29, 1.82) is 0 Å². The van der Waals surface area contributed by atoms with Crippen LogP contribution >= 0.6 is 0 Å². The molecule has 1 aromatic heterocycles. The zero-order chi connectivity index (χ0) is 25.0. The fraction of sp³-hybridized carbons (Fsp3) is 0.400. The summed E-state index contributed by atoms with van der Waals surface area (Å²) in [6.07, 6.45) is 2.16. The molecule has 9 nitrogen and oxygen atoms in total. The molecule has 1 aliphatic rings. The molecule has 0 bridgehead atoms.